The first-order valence-corrected chi connectivity index (χ1v) is 5.41. The van der Waals surface area contributed by atoms with Crippen LogP contribution in [-0.4, -0.2) is 52.1 Å². The van der Waals surface area contributed by atoms with Crippen LogP contribution >= 0.6 is 0 Å². The van der Waals surface area contributed by atoms with E-state index in [1.54, 1.807) is 7.05 Å². The van der Waals surface area contributed by atoms with Crippen LogP contribution in [0.3, 0.4) is 0 Å². The van der Waals surface area contributed by atoms with E-state index in [2.05, 4.69) is 20.7 Å². The van der Waals surface area contributed by atoms with Crippen molar-refractivity contribution in [3.05, 3.63) is 5.82 Å². The Hall–Kier alpha value is -1.05. The molecule has 0 bridgehead atoms. The Morgan fingerprint density at radius 2 is 2.44 bits per heavy atom. The van der Waals surface area contributed by atoms with Gasteiger partial charge in [-0.05, 0) is 12.1 Å². The van der Waals surface area contributed by atoms with Gasteiger partial charge in [-0.1, -0.05) is 0 Å². The average molecular weight is 227 g/mol. The van der Waals surface area contributed by atoms with Crippen LogP contribution in [0.4, 0.5) is 0 Å². The van der Waals surface area contributed by atoms with Crippen LogP contribution in [0.5, 0.6) is 0 Å². The summed E-state index contributed by atoms with van der Waals surface area (Å²) in [7, 11) is 1.73. The molecule has 2 unspecified atom stereocenters. The molecule has 1 aliphatic rings. The Morgan fingerprint density at radius 1 is 1.56 bits per heavy atom. The second-order valence-electron chi connectivity index (χ2n) is 3.94. The highest BCUT2D eigenvalue weighted by molar-refractivity contribution is 4.74. The van der Waals surface area contributed by atoms with Crippen molar-refractivity contribution in [1.29, 1.82) is 0 Å². The molecule has 0 aliphatic carbocycles. The Balaban J connectivity index is 1.67. The molecule has 2 rings (SSSR count). The molecule has 2 heterocycles. The molecule has 1 aliphatic heterocycles. The molecular formula is C9H17N5O2. The number of hydrogen-bond acceptors (Lipinski definition) is 6. The standard InChI is InChI=1S/C9H17N5O2/c1-7-3-10-4-8(16-7)5-15-6-9-11-13-14(2)12-9/h7-8,10H,3-6H2,1-2H3. The first-order chi connectivity index (χ1) is 7.74. The van der Waals surface area contributed by atoms with Crippen LogP contribution in [0, 0.1) is 0 Å². The summed E-state index contributed by atoms with van der Waals surface area (Å²) in [6.07, 6.45) is 0.359. The lowest BCUT2D eigenvalue weighted by Crippen LogP contribution is -2.45. The van der Waals surface area contributed by atoms with Gasteiger partial charge in [-0.15, -0.1) is 10.2 Å². The molecule has 0 saturated carbocycles. The molecule has 1 aromatic rings. The number of nitrogens with zero attached hydrogens (tertiary/aromatic N) is 4. The van der Waals surface area contributed by atoms with Gasteiger partial charge in [0.2, 0.25) is 0 Å². The predicted molar refractivity (Wildman–Crippen MR) is 55.7 cm³/mol. The zero-order valence-corrected chi connectivity index (χ0v) is 9.59. The Bertz CT molecular complexity index is 329. The van der Waals surface area contributed by atoms with E-state index >= 15 is 0 Å². The molecule has 0 spiro atoms. The van der Waals surface area contributed by atoms with Crippen LogP contribution in [0.25, 0.3) is 0 Å². The number of aryl methyl sites for hydroxylation is 1. The molecule has 0 radical (unpaired) electrons. The van der Waals surface area contributed by atoms with Gasteiger partial charge in [-0.2, -0.15) is 4.80 Å². The summed E-state index contributed by atoms with van der Waals surface area (Å²) in [5.41, 5.74) is 0. The molecule has 1 saturated heterocycles. The number of rotatable bonds is 4. The number of nitrogens with one attached hydrogen (secondary N) is 1. The van der Waals surface area contributed by atoms with Crippen LogP contribution < -0.4 is 5.32 Å². The van der Waals surface area contributed by atoms with Crippen molar-refractivity contribution < 1.29 is 9.47 Å². The highest BCUT2D eigenvalue weighted by Gasteiger charge is 2.18. The third-order valence-electron chi connectivity index (χ3n) is 2.31. The van der Waals surface area contributed by atoms with E-state index in [4.69, 9.17) is 9.47 Å². The Labute approximate surface area is 94.1 Å². The van der Waals surface area contributed by atoms with Crippen molar-refractivity contribution in [2.24, 2.45) is 7.05 Å². The first-order valence-electron chi connectivity index (χ1n) is 5.41. The maximum Gasteiger partial charge on any atom is 0.200 e. The van der Waals surface area contributed by atoms with E-state index in [0.29, 0.717) is 19.0 Å². The lowest BCUT2D eigenvalue weighted by molar-refractivity contribution is -0.0723. The van der Waals surface area contributed by atoms with Gasteiger partial charge >= 0.3 is 0 Å². The maximum atomic E-state index is 5.68. The van der Waals surface area contributed by atoms with Crippen LogP contribution in [0.15, 0.2) is 0 Å². The Morgan fingerprint density at radius 3 is 3.12 bits per heavy atom. The van der Waals surface area contributed by atoms with Gasteiger partial charge in [-0.25, -0.2) is 0 Å². The molecule has 7 heteroatoms. The van der Waals surface area contributed by atoms with E-state index in [9.17, 15) is 0 Å². The third kappa shape index (κ3) is 3.22. The maximum absolute atomic E-state index is 5.68. The first kappa shape index (κ1) is 11.4. The normalized spacial score (nSPS) is 25.9. The van der Waals surface area contributed by atoms with Crippen LogP contribution in [0.2, 0.25) is 0 Å². The zero-order chi connectivity index (χ0) is 11.4. The highest BCUT2D eigenvalue weighted by atomic mass is 16.5. The third-order valence-corrected chi connectivity index (χ3v) is 2.31. The number of morpholine rings is 1. The fourth-order valence-electron chi connectivity index (χ4n) is 1.63. The average Bonchev–Trinajstić information content (AvgIpc) is 2.64. The van der Waals surface area contributed by atoms with Crippen molar-refractivity contribution in [3.8, 4) is 0 Å². The van der Waals surface area contributed by atoms with Crippen molar-refractivity contribution >= 4 is 0 Å². The number of tetrazole rings is 1. The minimum Gasteiger partial charge on any atom is -0.371 e. The molecule has 1 N–H and O–H groups in total. The molecule has 0 aromatic carbocycles. The summed E-state index contributed by atoms with van der Waals surface area (Å²) >= 11 is 0. The summed E-state index contributed by atoms with van der Waals surface area (Å²) in [5.74, 6) is 0.597. The summed E-state index contributed by atoms with van der Waals surface area (Å²) < 4.78 is 11.2. The van der Waals surface area contributed by atoms with Gasteiger partial charge < -0.3 is 14.8 Å². The van der Waals surface area contributed by atoms with E-state index in [-0.39, 0.29) is 12.2 Å². The van der Waals surface area contributed by atoms with Gasteiger partial charge in [0.1, 0.15) is 6.61 Å². The minimum absolute atomic E-state index is 0.112. The van der Waals surface area contributed by atoms with Crippen molar-refractivity contribution in [2.75, 3.05) is 19.7 Å². The van der Waals surface area contributed by atoms with E-state index in [1.807, 2.05) is 6.92 Å². The second-order valence-corrected chi connectivity index (χ2v) is 3.94. The van der Waals surface area contributed by atoms with Gasteiger partial charge in [0.15, 0.2) is 5.82 Å². The molecule has 1 aromatic heterocycles. The smallest absolute Gasteiger partial charge is 0.200 e. The fraction of sp³-hybridized carbons (Fsp3) is 0.889. The topological polar surface area (TPSA) is 74.1 Å². The van der Waals surface area contributed by atoms with E-state index in [1.165, 1.54) is 4.80 Å². The van der Waals surface area contributed by atoms with Crippen molar-refractivity contribution in [3.63, 3.8) is 0 Å². The number of aromatic nitrogens is 4. The summed E-state index contributed by atoms with van der Waals surface area (Å²) in [6, 6.07) is 0. The Kier molecular flexibility index (Phi) is 3.81. The van der Waals surface area contributed by atoms with Gasteiger partial charge in [0.05, 0.1) is 25.9 Å². The van der Waals surface area contributed by atoms with Crippen LogP contribution in [0.1, 0.15) is 12.7 Å². The summed E-state index contributed by atoms with van der Waals surface area (Å²) in [4.78, 5) is 1.42. The lowest BCUT2D eigenvalue weighted by Gasteiger charge is -2.28. The van der Waals surface area contributed by atoms with E-state index in [0.717, 1.165) is 13.1 Å². The van der Waals surface area contributed by atoms with Gasteiger partial charge in [-0.3, -0.25) is 0 Å². The largest absolute Gasteiger partial charge is 0.371 e. The monoisotopic (exact) mass is 227 g/mol. The zero-order valence-electron chi connectivity index (χ0n) is 9.59. The lowest BCUT2D eigenvalue weighted by atomic mass is 10.2. The van der Waals surface area contributed by atoms with Crippen LogP contribution in [-0.2, 0) is 23.1 Å². The summed E-state index contributed by atoms with van der Waals surface area (Å²) in [5, 5.41) is 14.9. The number of ether oxygens (including phenoxy) is 2. The molecular weight excluding hydrogens is 210 g/mol. The van der Waals surface area contributed by atoms with E-state index < -0.39 is 0 Å². The molecule has 2 atom stereocenters. The molecule has 90 valence electrons. The van der Waals surface area contributed by atoms with Crippen molar-refractivity contribution in [2.45, 2.75) is 25.7 Å². The highest BCUT2D eigenvalue weighted by Crippen LogP contribution is 2.04. The summed E-state index contributed by atoms with van der Waals surface area (Å²) in [6.45, 7) is 4.71. The molecule has 1 fully saturated rings. The molecule has 16 heavy (non-hydrogen) atoms. The van der Waals surface area contributed by atoms with Crippen molar-refractivity contribution in [1.82, 2.24) is 25.5 Å². The van der Waals surface area contributed by atoms with Gasteiger partial charge in [0.25, 0.3) is 0 Å². The molecule has 7 nitrogen and oxygen atoms in total. The quantitative estimate of drug-likeness (QED) is 0.719. The molecule has 0 amide bonds. The minimum atomic E-state index is 0.112. The SMILES string of the molecule is CC1CNCC(COCc2nnn(C)n2)O1. The predicted octanol–water partition coefficient (Wildman–Crippen LogP) is -0.896. The van der Waals surface area contributed by atoms with Gasteiger partial charge in [0, 0.05) is 13.1 Å². The number of hydrogen-bond donors (Lipinski definition) is 1. The fourth-order valence-corrected chi connectivity index (χ4v) is 1.63. The second kappa shape index (κ2) is 5.33.